The maximum atomic E-state index is 12.2. The molecule has 1 amide bonds. The SMILES string of the molecule is O=C(NCc1ccccc1)OC1=Nc2cc(OCCCCN3CCN(c4cccc(Cl)c4Cl)CC3)ccc2CC1. The molecule has 0 bridgehead atoms. The second-order valence-electron chi connectivity index (χ2n) is 9.98. The maximum absolute atomic E-state index is 12.2. The average molecular weight is 582 g/mol. The van der Waals surface area contributed by atoms with E-state index in [0.29, 0.717) is 35.5 Å². The highest BCUT2D eigenvalue weighted by Crippen LogP contribution is 2.33. The molecule has 0 radical (unpaired) electrons. The second-order valence-corrected chi connectivity index (χ2v) is 10.8. The Morgan fingerprint density at radius 3 is 2.58 bits per heavy atom. The van der Waals surface area contributed by atoms with Crippen LogP contribution in [0.4, 0.5) is 16.2 Å². The Hall–Kier alpha value is -3.26. The van der Waals surface area contributed by atoms with Crippen molar-refractivity contribution < 1.29 is 14.3 Å². The highest BCUT2D eigenvalue weighted by molar-refractivity contribution is 6.43. The zero-order valence-electron chi connectivity index (χ0n) is 22.5. The number of nitrogens with one attached hydrogen (secondary N) is 1. The van der Waals surface area contributed by atoms with Gasteiger partial charge < -0.3 is 19.7 Å². The first-order valence-corrected chi connectivity index (χ1v) is 14.5. The molecule has 40 heavy (non-hydrogen) atoms. The number of benzene rings is 3. The number of halogens is 2. The van der Waals surface area contributed by atoms with Gasteiger partial charge in [-0.25, -0.2) is 9.79 Å². The van der Waals surface area contributed by atoms with Crippen LogP contribution < -0.4 is 15.0 Å². The van der Waals surface area contributed by atoms with Gasteiger partial charge in [-0.05, 0) is 55.1 Å². The van der Waals surface area contributed by atoms with Crippen molar-refractivity contribution in [3.8, 4) is 5.75 Å². The van der Waals surface area contributed by atoms with E-state index in [1.807, 2.05) is 66.7 Å². The Bertz CT molecular complexity index is 1330. The number of piperazine rings is 1. The fraction of sp³-hybridized carbons (Fsp3) is 0.355. The fourth-order valence-electron chi connectivity index (χ4n) is 4.94. The number of hydrogen-bond donors (Lipinski definition) is 1. The summed E-state index contributed by atoms with van der Waals surface area (Å²) in [4.78, 5) is 21.6. The lowest BCUT2D eigenvalue weighted by Gasteiger charge is -2.36. The van der Waals surface area contributed by atoms with E-state index in [0.717, 1.165) is 80.2 Å². The van der Waals surface area contributed by atoms with E-state index in [2.05, 4.69) is 20.1 Å². The summed E-state index contributed by atoms with van der Waals surface area (Å²) in [7, 11) is 0. The number of ether oxygens (including phenoxy) is 2. The van der Waals surface area contributed by atoms with Crippen LogP contribution in [0.1, 0.15) is 30.4 Å². The summed E-state index contributed by atoms with van der Waals surface area (Å²) in [5.41, 5.74) is 3.95. The van der Waals surface area contributed by atoms with Crippen LogP contribution in [0.5, 0.6) is 5.75 Å². The van der Waals surface area contributed by atoms with E-state index in [9.17, 15) is 4.79 Å². The van der Waals surface area contributed by atoms with E-state index in [1.54, 1.807) is 0 Å². The zero-order chi connectivity index (χ0) is 27.7. The van der Waals surface area contributed by atoms with E-state index in [4.69, 9.17) is 32.7 Å². The Balaban J connectivity index is 1.02. The summed E-state index contributed by atoms with van der Waals surface area (Å²) in [6, 6.07) is 21.5. The van der Waals surface area contributed by atoms with Gasteiger partial charge in [-0.2, -0.15) is 0 Å². The van der Waals surface area contributed by atoms with E-state index in [1.165, 1.54) is 0 Å². The van der Waals surface area contributed by atoms with Gasteiger partial charge in [0, 0.05) is 45.2 Å². The molecule has 1 saturated heterocycles. The molecule has 1 fully saturated rings. The Morgan fingerprint density at radius 1 is 0.925 bits per heavy atom. The average Bonchev–Trinajstić information content (AvgIpc) is 2.98. The monoisotopic (exact) mass is 580 g/mol. The first-order chi connectivity index (χ1) is 19.5. The van der Waals surface area contributed by atoms with Crippen molar-refractivity contribution in [2.45, 2.75) is 32.2 Å². The van der Waals surface area contributed by atoms with Gasteiger partial charge in [0.05, 0.1) is 28.0 Å². The molecule has 7 nitrogen and oxygen atoms in total. The van der Waals surface area contributed by atoms with Crippen molar-refractivity contribution in [2.75, 3.05) is 44.2 Å². The number of rotatable bonds is 9. The Morgan fingerprint density at radius 2 is 1.75 bits per heavy atom. The van der Waals surface area contributed by atoms with E-state index in [-0.39, 0.29) is 0 Å². The molecule has 9 heteroatoms. The molecule has 3 aromatic rings. The normalized spacial score (nSPS) is 15.2. The molecular formula is C31H34Cl2N4O3. The summed E-state index contributed by atoms with van der Waals surface area (Å²) in [5, 5.41) is 4.01. The number of hydrogen-bond acceptors (Lipinski definition) is 6. The third-order valence-electron chi connectivity index (χ3n) is 7.18. The molecule has 0 spiro atoms. The first-order valence-electron chi connectivity index (χ1n) is 13.8. The number of carbonyl (C=O) groups is 1. The van der Waals surface area contributed by atoms with Crippen LogP contribution in [0.15, 0.2) is 71.7 Å². The molecule has 0 aliphatic carbocycles. The second kappa shape index (κ2) is 13.9. The lowest BCUT2D eigenvalue weighted by molar-refractivity contribution is 0.195. The minimum Gasteiger partial charge on any atom is -0.494 e. The molecule has 2 aliphatic rings. The summed E-state index contributed by atoms with van der Waals surface area (Å²) in [6.07, 6.45) is 2.91. The molecular weight excluding hydrogens is 547 g/mol. The third kappa shape index (κ3) is 7.68. The summed E-state index contributed by atoms with van der Waals surface area (Å²) in [6.45, 7) is 5.98. The minimum absolute atomic E-state index is 0.412. The summed E-state index contributed by atoms with van der Waals surface area (Å²) >= 11 is 12.6. The van der Waals surface area contributed by atoms with Crippen LogP contribution in [0.2, 0.25) is 10.0 Å². The lowest BCUT2D eigenvalue weighted by atomic mass is 10.0. The smallest absolute Gasteiger partial charge is 0.413 e. The van der Waals surface area contributed by atoms with Crippen LogP contribution in [-0.4, -0.2) is 56.2 Å². The summed E-state index contributed by atoms with van der Waals surface area (Å²) < 4.78 is 11.5. The van der Waals surface area contributed by atoms with Crippen LogP contribution >= 0.6 is 23.2 Å². The minimum atomic E-state index is -0.492. The standard InChI is InChI=1S/C31H34Cl2N4O3/c32-26-9-6-10-28(30(26)33)37-18-16-36(17-19-37)15-4-5-20-39-25-13-11-24-12-14-29(35-27(24)21-25)40-31(38)34-22-23-7-2-1-3-8-23/h1-3,6-11,13,21H,4-5,12,14-20,22H2,(H,34,38). The number of fused-ring (bicyclic) bond motifs is 1. The zero-order valence-corrected chi connectivity index (χ0v) is 24.0. The molecule has 2 aliphatic heterocycles. The number of alkyl carbamates (subject to hydrolysis) is 1. The van der Waals surface area contributed by atoms with E-state index < -0.39 is 6.09 Å². The number of aryl methyl sites for hydroxylation is 1. The predicted molar refractivity (Wildman–Crippen MR) is 161 cm³/mol. The highest BCUT2D eigenvalue weighted by Gasteiger charge is 2.20. The largest absolute Gasteiger partial charge is 0.494 e. The number of aliphatic imine (C=N–C) groups is 1. The Kier molecular flexibility index (Phi) is 9.81. The highest BCUT2D eigenvalue weighted by atomic mass is 35.5. The van der Waals surface area contributed by atoms with Crippen LogP contribution in [0, 0.1) is 0 Å². The van der Waals surface area contributed by atoms with Gasteiger partial charge in [0.15, 0.2) is 0 Å². The first kappa shape index (κ1) is 28.3. The topological polar surface area (TPSA) is 66.4 Å². The molecule has 0 atom stereocenters. The number of unbranched alkanes of at least 4 members (excludes halogenated alkanes) is 1. The van der Waals surface area contributed by atoms with Crippen LogP contribution in [0.25, 0.3) is 0 Å². The predicted octanol–water partition coefficient (Wildman–Crippen LogP) is 6.88. The van der Waals surface area contributed by atoms with E-state index >= 15 is 0 Å². The van der Waals surface area contributed by atoms with Gasteiger partial charge in [0.2, 0.25) is 5.90 Å². The van der Waals surface area contributed by atoms with Crippen molar-refractivity contribution >= 4 is 46.6 Å². The number of anilines is 1. The molecule has 2 heterocycles. The number of carbonyl (C=O) groups excluding carboxylic acids is 1. The van der Waals surface area contributed by atoms with Crippen molar-refractivity contribution in [2.24, 2.45) is 4.99 Å². The quantitative estimate of drug-likeness (QED) is 0.279. The van der Waals surface area contributed by atoms with Crippen molar-refractivity contribution in [1.29, 1.82) is 0 Å². The summed E-state index contributed by atoms with van der Waals surface area (Å²) in [5.74, 6) is 1.21. The molecule has 210 valence electrons. The molecule has 3 aromatic carbocycles. The van der Waals surface area contributed by atoms with Crippen LogP contribution in [-0.2, 0) is 17.7 Å². The van der Waals surface area contributed by atoms with Crippen molar-refractivity contribution in [1.82, 2.24) is 10.2 Å². The molecule has 1 N–H and O–H groups in total. The van der Waals surface area contributed by atoms with Gasteiger partial charge >= 0.3 is 6.09 Å². The van der Waals surface area contributed by atoms with Gasteiger partial charge in [-0.3, -0.25) is 4.90 Å². The van der Waals surface area contributed by atoms with Crippen LogP contribution in [0.3, 0.4) is 0 Å². The number of nitrogens with zero attached hydrogens (tertiary/aromatic N) is 3. The van der Waals surface area contributed by atoms with Gasteiger partial charge in [0.1, 0.15) is 5.75 Å². The van der Waals surface area contributed by atoms with Crippen molar-refractivity contribution in [3.63, 3.8) is 0 Å². The molecule has 5 rings (SSSR count). The van der Waals surface area contributed by atoms with Gasteiger partial charge in [0.25, 0.3) is 0 Å². The van der Waals surface area contributed by atoms with Gasteiger partial charge in [-0.1, -0.05) is 65.7 Å². The third-order valence-corrected chi connectivity index (χ3v) is 7.99. The molecule has 0 saturated carbocycles. The lowest BCUT2D eigenvalue weighted by Crippen LogP contribution is -2.46. The Labute approximate surface area is 245 Å². The maximum Gasteiger partial charge on any atom is 0.413 e. The van der Waals surface area contributed by atoms with Crippen molar-refractivity contribution in [3.05, 3.63) is 87.9 Å². The molecule has 0 unspecified atom stereocenters. The van der Waals surface area contributed by atoms with Gasteiger partial charge in [-0.15, -0.1) is 0 Å². The fourth-order valence-corrected chi connectivity index (χ4v) is 5.36. The number of amides is 1. The molecule has 0 aromatic heterocycles.